The molecule has 3 atom stereocenters. The first-order valence-electron chi connectivity index (χ1n) is 18.8. The number of amides is 1. The number of nitrogens with one attached hydrogen (secondary N) is 1. The van der Waals surface area contributed by atoms with E-state index >= 15 is 0 Å². The number of nitrogens with zero attached hydrogens (tertiary/aromatic N) is 5. The van der Waals surface area contributed by atoms with Gasteiger partial charge in [-0.15, -0.1) is 0 Å². The smallest absolute Gasteiger partial charge is 0.271 e. The van der Waals surface area contributed by atoms with Crippen LogP contribution in [0.25, 0.3) is 22.2 Å². The van der Waals surface area contributed by atoms with Gasteiger partial charge in [0.2, 0.25) is 0 Å². The number of benzene rings is 5. The molecular weight excluding hydrogens is 709 g/mol. The Labute approximate surface area is 324 Å². The number of aliphatic hydroxyl groups excluding tert-OH is 1. The first-order chi connectivity index (χ1) is 27.4. The maximum atomic E-state index is 12.9. The van der Waals surface area contributed by atoms with Gasteiger partial charge in [0.15, 0.2) is 6.29 Å². The van der Waals surface area contributed by atoms with Crippen molar-refractivity contribution in [3.05, 3.63) is 166 Å². The number of ether oxygens (including phenoxy) is 2. The van der Waals surface area contributed by atoms with Crippen molar-refractivity contribution in [2.24, 2.45) is 0 Å². The lowest BCUT2D eigenvalue weighted by atomic mass is 9.98. The molecule has 0 bridgehead atoms. The zero-order valence-corrected chi connectivity index (χ0v) is 30.7. The highest BCUT2D eigenvalue weighted by atomic mass is 16.7. The summed E-state index contributed by atoms with van der Waals surface area (Å²) in [7, 11) is 0. The van der Waals surface area contributed by atoms with Gasteiger partial charge >= 0.3 is 0 Å². The average Bonchev–Trinajstić information content (AvgIpc) is 3.25. The van der Waals surface area contributed by atoms with Gasteiger partial charge in [0.1, 0.15) is 5.69 Å². The van der Waals surface area contributed by atoms with Crippen molar-refractivity contribution in [1.29, 1.82) is 0 Å². The Morgan fingerprint density at radius 3 is 2.27 bits per heavy atom. The summed E-state index contributed by atoms with van der Waals surface area (Å²) in [5, 5.41) is 23.7. The van der Waals surface area contributed by atoms with Crippen LogP contribution in [-0.2, 0) is 22.6 Å². The number of fused-ring (bicyclic) bond motifs is 1. The standard InChI is InChI=1S/C44H42N6O6/c51-29-30-8-10-33(11-9-30)42-25-38(28-48-20-22-49(23-21-48)36-16-18-37(19-17-36)50(53)54)55-44(56-42)34-14-12-32(13-15-34)35-5-3-4-31(24-35)26-46-43(52)41-27-45-39-6-1-2-7-40(39)47-41/h1-19,24,27,38,42,44,51H,20-23,25-26,28-29H2,(H,46,52)/t38-,42+,44+/m0/s1. The second-order valence-electron chi connectivity index (χ2n) is 14.2. The van der Waals surface area contributed by atoms with Crippen LogP contribution in [0.15, 0.2) is 128 Å². The Bertz CT molecular complexity index is 2300. The van der Waals surface area contributed by atoms with Crippen molar-refractivity contribution in [2.45, 2.75) is 38.1 Å². The molecule has 56 heavy (non-hydrogen) atoms. The number of anilines is 1. The van der Waals surface area contributed by atoms with Gasteiger partial charge in [0.25, 0.3) is 11.6 Å². The van der Waals surface area contributed by atoms with Crippen LogP contribution >= 0.6 is 0 Å². The van der Waals surface area contributed by atoms with E-state index in [4.69, 9.17) is 9.47 Å². The fourth-order valence-corrected chi connectivity index (χ4v) is 7.33. The van der Waals surface area contributed by atoms with Gasteiger partial charge in [0, 0.05) is 69.1 Å². The highest BCUT2D eigenvalue weighted by Gasteiger charge is 2.34. The molecule has 2 aliphatic rings. The number of non-ortho nitro benzene ring substituents is 1. The van der Waals surface area contributed by atoms with E-state index < -0.39 is 6.29 Å². The van der Waals surface area contributed by atoms with Crippen LogP contribution in [0.2, 0.25) is 0 Å². The largest absolute Gasteiger partial charge is 0.392 e. The summed E-state index contributed by atoms with van der Waals surface area (Å²) < 4.78 is 13.3. The van der Waals surface area contributed by atoms with Crippen LogP contribution in [0.3, 0.4) is 0 Å². The van der Waals surface area contributed by atoms with Crippen LogP contribution in [0, 0.1) is 10.1 Å². The minimum atomic E-state index is -0.577. The van der Waals surface area contributed by atoms with Crippen molar-refractivity contribution in [2.75, 3.05) is 37.6 Å². The Morgan fingerprint density at radius 2 is 1.54 bits per heavy atom. The summed E-state index contributed by atoms with van der Waals surface area (Å²) in [4.78, 5) is 37.1. The van der Waals surface area contributed by atoms with Gasteiger partial charge in [-0.25, -0.2) is 4.98 Å². The fourth-order valence-electron chi connectivity index (χ4n) is 7.33. The third-order valence-electron chi connectivity index (χ3n) is 10.5. The molecule has 0 spiro atoms. The van der Waals surface area contributed by atoms with Crippen LogP contribution in [-0.4, -0.2) is 69.6 Å². The van der Waals surface area contributed by atoms with E-state index in [1.807, 2.05) is 91.0 Å². The molecule has 0 aliphatic carbocycles. The second kappa shape index (κ2) is 16.8. The molecule has 5 aromatic carbocycles. The molecule has 284 valence electrons. The summed E-state index contributed by atoms with van der Waals surface area (Å²) in [6.07, 6.45) is 1.33. The van der Waals surface area contributed by atoms with E-state index in [-0.39, 0.29) is 41.0 Å². The van der Waals surface area contributed by atoms with E-state index in [0.29, 0.717) is 18.5 Å². The van der Waals surface area contributed by atoms with E-state index in [1.54, 1.807) is 12.1 Å². The summed E-state index contributed by atoms with van der Waals surface area (Å²) >= 11 is 0. The molecule has 2 aliphatic heterocycles. The lowest BCUT2D eigenvalue weighted by Gasteiger charge is -2.41. The third kappa shape index (κ3) is 8.59. The number of nitro groups is 1. The van der Waals surface area contributed by atoms with Crippen molar-refractivity contribution in [1.82, 2.24) is 20.2 Å². The molecule has 2 N–H and O–H groups in total. The molecule has 1 aromatic heterocycles. The quantitative estimate of drug-likeness (QED) is 0.105. The maximum absolute atomic E-state index is 12.9. The fraction of sp³-hybridized carbons (Fsp3) is 0.250. The first-order valence-corrected chi connectivity index (χ1v) is 18.8. The molecular formula is C44H42N6O6. The normalized spacial score (nSPS) is 18.8. The van der Waals surface area contributed by atoms with Crippen LogP contribution in [0.5, 0.6) is 0 Å². The summed E-state index contributed by atoms with van der Waals surface area (Å²) in [5.74, 6) is -0.282. The summed E-state index contributed by atoms with van der Waals surface area (Å²) in [6, 6.07) is 38.4. The number of nitro benzene ring substituents is 1. The minimum absolute atomic E-state index is 0.0174. The van der Waals surface area contributed by atoms with Gasteiger partial charge in [-0.2, -0.15) is 0 Å². The number of rotatable bonds is 11. The van der Waals surface area contributed by atoms with Gasteiger partial charge < -0.3 is 24.8 Å². The van der Waals surface area contributed by atoms with E-state index in [9.17, 15) is 20.0 Å². The SMILES string of the molecule is O=C(NCc1cccc(-c2ccc([C@@H]3O[C@H](CN4CCN(c5ccc([N+](=O)[O-])cc5)CC4)C[C@H](c4ccc(CO)cc4)O3)cc2)c1)c1cnc2ccccc2n1. The number of carbonyl (C=O) groups is 1. The van der Waals surface area contributed by atoms with Crippen molar-refractivity contribution < 1.29 is 24.3 Å². The second-order valence-corrected chi connectivity index (χ2v) is 14.2. The molecule has 2 fully saturated rings. The van der Waals surface area contributed by atoms with Crippen molar-refractivity contribution in [3.63, 3.8) is 0 Å². The van der Waals surface area contributed by atoms with E-state index in [1.165, 1.54) is 6.20 Å². The first kappa shape index (κ1) is 36.9. The maximum Gasteiger partial charge on any atom is 0.271 e. The highest BCUT2D eigenvalue weighted by Crippen LogP contribution is 2.39. The topological polar surface area (TPSA) is 143 Å². The molecule has 6 aromatic rings. The lowest BCUT2D eigenvalue weighted by molar-refractivity contribution is -0.384. The van der Waals surface area contributed by atoms with Gasteiger partial charge in [0.05, 0.1) is 41.0 Å². The predicted octanol–water partition coefficient (Wildman–Crippen LogP) is 6.99. The summed E-state index contributed by atoms with van der Waals surface area (Å²) in [5.41, 5.74) is 8.57. The Morgan fingerprint density at radius 1 is 0.804 bits per heavy atom. The van der Waals surface area contributed by atoms with Crippen LogP contribution in [0.1, 0.15) is 51.6 Å². The number of para-hydroxylation sites is 2. The van der Waals surface area contributed by atoms with Gasteiger partial charge in [-0.3, -0.25) is 24.8 Å². The molecule has 3 heterocycles. The minimum Gasteiger partial charge on any atom is -0.392 e. The van der Waals surface area contributed by atoms with Crippen LogP contribution < -0.4 is 10.2 Å². The molecule has 0 saturated carbocycles. The average molecular weight is 751 g/mol. The number of aliphatic hydroxyl groups is 1. The zero-order chi connectivity index (χ0) is 38.4. The predicted molar refractivity (Wildman–Crippen MR) is 213 cm³/mol. The molecule has 12 heteroatoms. The van der Waals surface area contributed by atoms with Gasteiger partial charge in [-0.05, 0) is 58.1 Å². The van der Waals surface area contributed by atoms with Crippen molar-refractivity contribution >= 4 is 28.3 Å². The lowest BCUT2D eigenvalue weighted by Crippen LogP contribution is -2.49. The number of hydrogen-bond donors (Lipinski definition) is 2. The Kier molecular flexibility index (Phi) is 11.0. The molecule has 0 radical (unpaired) electrons. The number of hydrogen-bond acceptors (Lipinski definition) is 10. The Hall–Kier alpha value is -6.05. The van der Waals surface area contributed by atoms with Crippen LogP contribution in [0.4, 0.5) is 11.4 Å². The van der Waals surface area contributed by atoms with E-state index in [2.05, 4.69) is 43.3 Å². The number of piperazine rings is 1. The molecule has 0 unspecified atom stereocenters. The van der Waals surface area contributed by atoms with E-state index in [0.717, 1.165) is 77.3 Å². The van der Waals surface area contributed by atoms with Crippen molar-refractivity contribution in [3.8, 4) is 11.1 Å². The monoisotopic (exact) mass is 750 g/mol. The number of aromatic nitrogens is 2. The third-order valence-corrected chi connectivity index (χ3v) is 10.5. The molecule has 12 nitrogen and oxygen atoms in total. The highest BCUT2D eigenvalue weighted by molar-refractivity contribution is 5.93. The molecule has 2 saturated heterocycles. The number of carbonyl (C=O) groups excluding carboxylic acids is 1. The Balaban J connectivity index is 0.926. The summed E-state index contributed by atoms with van der Waals surface area (Å²) in [6.45, 7) is 4.37. The zero-order valence-electron chi connectivity index (χ0n) is 30.7. The molecule has 8 rings (SSSR count). The van der Waals surface area contributed by atoms with Gasteiger partial charge in [-0.1, -0.05) is 78.9 Å². The molecule has 1 amide bonds.